The maximum atomic E-state index is 10.7. The summed E-state index contributed by atoms with van der Waals surface area (Å²) in [6.45, 7) is 4.46. The Balaban J connectivity index is 1.70. The summed E-state index contributed by atoms with van der Waals surface area (Å²) in [5.41, 5.74) is 0.173. The number of unbranched alkanes of at least 4 members (excludes halogenated alkanes) is 3. The van der Waals surface area contributed by atoms with Crippen molar-refractivity contribution in [1.82, 2.24) is 0 Å². The molecule has 0 aromatic rings. The van der Waals surface area contributed by atoms with E-state index in [1.807, 2.05) is 0 Å². The lowest BCUT2D eigenvalue weighted by Crippen LogP contribution is -2.25. The molecule has 5 heteroatoms. The minimum atomic E-state index is -0.719. The van der Waals surface area contributed by atoms with Crippen molar-refractivity contribution in [2.75, 3.05) is 0 Å². The molecule has 2 aliphatic rings. The number of alkyl halides is 1. The van der Waals surface area contributed by atoms with Gasteiger partial charge in [-0.25, -0.2) is 0 Å². The molecule has 0 spiro atoms. The van der Waals surface area contributed by atoms with Crippen molar-refractivity contribution >= 4 is 17.6 Å². The number of carboxylic acid groups (broad SMARTS) is 1. The first kappa shape index (κ1) is 24.0. The molecule has 28 heavy (non-hydrogen) atoms. The Morgan fingerprint density at radius 2 is 1.71 bits per heavy atom. The molecule has 2 aliphatic carbocycles. The largest absolute Gasteiger partial charge is 0.481 e. The van der Waals surface area contributed by atoms with E-state index in [0.717, 1.165) is 70.6 Å². The van der Waals surface area contributed by atoms with E-state index in [2.05, 4.69) is 13.8 Å². The van der Waals surface area contributed by atoms with Gasteiger partial charge in [-0.1, -0.05) is 39.5 Å². The highest BCUT2D eigenvalue weighted by Crippen LogP contribution is 2.54. The van der Waals surface area contributed by atoms with Gasteiger partial charge < -0.3 is 15.3 Å². The zero-order chi connectivity index (χ0) is 20.7. The molecule has 0 aromatic carbocycles. The minimum absolute atomic E-state index is 0.0414. The van der Waals surface area contributed by atoms with E-state index in [1.54, 1.807) is 0 Å². The Hall–Kier alpha value is -0.320. The lowest BCUT2D eigenvalue weighted by atomic mass is 9.83. The van der Waals surface area contributed by atoms with Crippen LogP contribution in [0, 0.1) is 23.2 Å². The van der Waals surface area contributed by atoms with Gasteiger partial charge in [0.1, 0.15) is 0 Å². The second-order valence-corrected chi connectivity index (χ2v) is 10.5. The molecule has 0 aromatic heterocycles. The van der Waals surface area contributed by atoms with Gasteiger partial charge in [0.25, 0.3) is 0 Å². The first-order chi connectivity index (χ1) is 13.2. The number of aliphatic hydroxyl groups is 2. The average Bonchev–Trinajstić information content (AvgIpc) is 3.32. The zero-order valence-electron chi connectivity index (χ0n) is 17.8. The topological polar surface area (TPSA) is 77.8 Å². The van der Waals surface area contributed by atoms with Crippen LogP contribution in [0.15, 0.2) is 0 Å². The number of halogens is 1. The van der Waals surface area contributed by atoms with E-state index < -0.39 is 5.97 Å². The smallest absolute Gasteiger partial charge is 0.303 e. The predicted molar refractivity (Wildman–Crippen MR) is 114 cm³/mol. The zero-order valence-corrected chi connectivity index (χ0v) is 18.5. The first-order valence-electron chi connectivity index (χ1n) is 11.5. The molecule has 2 saturated carbocycles. The Kier molecular flexibility index (Phi) is 9.56. The third-order valence-electron chi connectivity index (χ3n) is 7.08. The van der Waals surface area contributed by atoms with Gasteiger partial charge in [-0.05, 0) is 74.5 Å². The van der Waals surface area contributed by atoms with Crippen molar-refractivity contribution in [2.24, 2.45) is 23.2 Å². The molecule has 0 saturated heterocycles. The van der Waals surface area contributed by atoms with Crippen molar-refractivity contribution in [1.29, 1.82) is 0 Å². The van der Waals surface area contributed by atoms with Gasteiger partial charge in [0.15, 0.2) is 0 Å². The monoisotopic (exact) mass is 416 g/mol. The van der Waals surface area contributed by atoms with E-state index in [9.17, 15) is 15.0 Å². The summed E-state index contributed by atoms with van der Waals surface area (Å²) in [5.74, 6) is 0.502. The lowest BCUT2D eigenvalue weighted by Gasteiger charge is -2.26. The maximum absolute atomic E-state index is 10.7. The van der Waals surface area contributed by atoms with Gasteiger partial charge in [0, 0.05) is 11.8 Å². The van der Waals surface area contributed by atoms with Crippen LogP contribution in [-0.4, -0.2) is 38.9 Å². The summed E-state index contributed by atoms with van der Waals surface area (Å²) < 4.78 is 0. The number of hydrogen-bond donors (Lipinski definition) is 3. The predicted octanol–water partition coefficient (Wildman–Crippen LogP) is 5.37. The summed E-state index contributed by atoms with van der Waals surface area (Å²) in [4.78, 5) is 10.6. The van der Waals surface area contributed by atoms with Crippen LogP contribution in [0.3, 0.4) is 0 Å². The third-order valence-corrected chi connectivity index (χ3v) is 7.58. The molecule has 0 radical (unpaired) electrons. The summed E-state index contributed by atoms with van der Waals surface area (Å²) >= 11 is 6.54. The molecule has 2 fully saturated rings. The van der Waals surface area contributed by atoms with Crippen molar-refractivity contribution in [3.63, 3.8) is 0 Å². The number of hydrogen-bond acceptors (Lipinski definition) is 3. The average molecular weight is 417 g/mol. The standard InChI is InChI=1S/C23H41ClO4/c1-16(2)15-23(12-13-23)21(26)10-7-9-18-17(19(24)14-20(18)25)8-5-3-4-6-11-22(27)28/h16-21,25-26H,3-15H2,1-2H3,(H,27,28)/t17-,18-,19-,20-,21?/m1/s1. The number of rotatable bonds is 14. The highest BCUT2D eigenvalue weighted by molar-refractivity contribution is 6.21. The van der Waals surface area contributed by atoms with E-state index in [1.165, 1.54) is 0 Å². The quantitative estimate of drug-likeness (QED) is 0.262. The molecule has 0 heterocycles. The molecule has 5 atom stereocenters. The second kappa shape index (κ2) is 11.2. The highest BCUT2D eigenvalue weighted by atomic mass is 35.5. The van der Waals surface area contributed by atoms with Gasteiger partial charge in [-0.3, -0.25) is 4.79 Å². The second-order valence-electron chi connectivity index (χ2n) is 9.90. The van der Waals surface area contributed by atoms with E-state index in [-0.39, 0.29) is 35.3 Å². The van der Waals surface area contributed by atoms with Gasteiger partial charge >= 0.3 is 5.97 Å². The molecule has 0 amide bonds. The fourth-order valence-corrected chi connectivity index (χ4v) is 5.94. The highest BCUT2D eigenvalue weighted by Gasteiger charge is 2.48. The van der Waals surface area contributed by atoms with Crippen LogP contribution in [-0.2, 0) is 4.79 Å². The van der Waals surface area contributed by atoms with Crippen LogP contribution >= 0.6 is 11.6 Å². The lowest BCUT2D eigenvalue weighted by molar-refractivity contribution is -0.137. The molecular formula is C23H41ClO4. The van der Waals surface area contributed by atoms with Gasteiger partial charge in [-0.15, -0.1) is 11.6 Å². The van der Waals surface area contributed by atoms with E-state index in [0.29, 0.717) is 18.3 Å². The summed E-state index contributed by atoms with van der Waals surface area (Å²) in [5, 5.41) is 29.9. The molecule has 0 aliphatic heterocycles. The molecule has 3 N–H and O–H groups in total. The number of aliphatic carboxylic acids is 1. The summed E-state index contributed by atoms with van der Waals surface area (Å²) in [6.07, 6.45) is 11.4. The fraction of sp³-hybridized carbons (Fsp3) is 0.957. The first-order valence-corrected chi connectivity index (χ1v) is 11.9. The number of carboxylic acids is 1. The van der Waals surface area contributed by atoms with Gasteiger partial charge in [0.2, 0.25) is 0 Å². The van der Waals surface area contributed by atoms with Gasteiger partial charge in [0.05, 0.1) is 12.2 Å². The Labute approximate surface area is 176 Å². The Bertz CT molecular complexity index is 477. The fourth-order valence-electron chi connectivity index (χ4n) is 5.45. The number of aliphatic hydroxyl groups excluding tert-OH is 2. The van der Waals surface area contributed by atoms with Crippen molar-refractivity contribution in [2.45, 2.75) is 115 Å². The van der Waals surface area contributed by atoms with E-state index >= 15 is 0 Å². The number of carbonyl (C=O) groups is 1. The van der Waals surface area contributed by atoms with Gasteiger partial charge in [-0.2, -0.15) is 0 Å². The van der Waals surface area contributed by atoms with Crippen LogP contribution in [0.5, 0.6) is 0 Å². The maximum Gasteiger partial charge on any atom is 0.303 e. The van der Waals surface area contributed by atoms with Crippen molar-refractivity contribution in [3.8, 4) is 0 Å². The van der Waals surface area contributed by atoms with Crippen LogP contribution in [0.2, 0.25) is 0 Å². The Morgan fingerprint density at radius 1 is 1.07 bits per heavy atom. The molecule has 4 nitrogen and oxygen atoms in total. The van der Waals surface area contributed by atoms with Crippen LogP contribution in [0.25, 0.3) is 0 Å². The normalized spacial score (nSPS) is 29.9. The molecular weight excluding hydrogens is 376 g/mol. The third kappa shape index (κ3) is 7.18. The van der Waals surface area contributed by atoms with Crippen LogP contribution < -0.4 is 0 Å². The molecule has 164 valence electrons. The Morgan fingerprint density at radius 3 is 2.32 bits per heavy atom. The van der Waals surface area contributed by atoms with Crippen LogP contribution in [0.1, 0.15) is 97.3 Å². The molecule has 1 unspecified atom stereocenters. The van der Waals surface area contributed by atoms with Crippen molar-refractivity contribution < 1.29 is 20.1 Å². The van der Waals surface area contributed by atoms with Crippen molar-refractivity contribution in [3.05, 3.63) is 0 Å². The van der Waals surface area contributed by atoms with Crippen LogP contribution in [0.4, 0.5) is 0 Å². The summed E-state index contributed by atoms with van der Waals surface area (Å²) in [6, 6.07) is 0. The molecule has 0 bridgehead atoms. The SMILES string of the molecule is CC(C)CC1(C(O)CCC[C@@H]2[C@@H](CCCCCCC(=O)O)[C@H](Cl)C[C@H]2O)CC1. The minimum Gasteiger partial charge on any atom is -0.481 e. The summed E-state index contributed by atoms with van der Waals surface area (Å²) in [7, 11) is 0. The molecule has 2 rings (SSSR count). The van der Waals surface area contributed by atoms with E-state index in [4.69, 9.17) is 16.7 Å².